The first-order valence-electron chi connectivity index (χ1n) is 7.42. The lowest BCUT2D eigenvalue weighted by atomic mass is 10.1. The van der Waals surface area contributed by atoms with Gasteiger partial charge in [-0.15, -0.1) is 0 Å². The zero-order valence-corrected chi connectivity index (χ0v) is 14.0. The van der Waals surface area contributed by atoms with Crippen LogP contribution in [0.5, 0.6) is 0 Å². The van der Waals surface area contributed by atoms with Crippen LogP contribution in [0.3, 0.4) is 0 Å². The van der Waals surface area contributed by atoms with Crippen LogP contribution >= 0.6 is 11.6 Å². The number of carbonyl (C=O) groups excluding carboxylic acids is 1. The van der Waals surface area contributed by atoms with Crippen molar-refractivity contribution in [3.63, 3.8) is 0 Å². The lowest BCUT2D eigenvalue weighted by Gasteiger charge is -2.19. The molecule has 1 atom stereocenters. The van der Waals surface area contributed by atoms with Crippen molar-refractivity contribution in [1.82, 2.24) is 10.2 Å². The normalized spacial score (nSPS) is 12.2. The van der Waals surface area contributed by atoms with Gasteiger partial charge >= 0.3 is 0 Å². The van der Waals surface area contributed by atoms with Crippen LogP contribution in [-0.2, 0) is 11.3 Å². The molecular weight excluding hydrogens is 315 g/mol. The molecule has 0 fully saturated rings. The molecule has 122 valence electrons. The number of likely N-dealkylation sites (N-methyl/N-ethyl adjacent to an activating group) is 1. The molecule has 1 amide bonds. The molecule has 0 aromatic heterocycles. The van der Waals surface area contributed by atoms with E-state index in [4.69, 9.17) is 11.6 Å². The van der Waals surface area contributed by atoms with Crippen LogP contribution in [0.25, 0.3) is 0 Å². The van der Waals surface area contributed by atoms with E-state index in [-0.39, 0.29) is 24.3 Å². The van der Waals surface area contributed by atoms with E-state index in [1.54, 1.807) is 18.2 Å². The highest BCUT2D eigenvalue weighted by atomic mass is 35.5. The minimum atomic E-state index is -0.260. The van der Waals surface area contributed by atoms with E-state index in [9.17, 15) is 9.18 Å². The van der Waals surface area contributed by atoms with Crippen molar-refractivity contribution >= 4 is 17.5 Å². The molecule has 0 aliphatic carbocycles. The molecule has 23 heavy (non-hydrogen) atoms. The summed E-state index contributed by atoms with van der Waals surface area (Å²) in [5, 5.41) is 3.60. The molecule has 5 heteroatoms. The maximum Gasteiger partial charge on any atom is 0.234 e. The van der Waals surface area contributed by atoms with Crippen molar-refractivity contribution in [3.05, 3.63) is 70.5 Å². The number of amides is 1. The number of halogens is 2. The summed E-state index contributed by atoms with van der Waals surface area (Å²) in [5.41, 5.74) is 1.93. The topological polar surface area (TPSA) is 32.3 Å². The Morgan fingerprint density at radius 2 is 1.96 bits per heavy atom. The van der Waals surface area contributed by atoms with E-state index in [1.165, 1.54) is 12.1 Å². The Kier molecular flexibility index (Phi) is 6.13. The number of nitrogens with one attached hydrogen (secondary N) is 1. The second-order valence-electron chi connectivity index (χ2n) is 5.64. The summed E-state index contributed by atoms with van der Waals surface area (Å²) in [6.07, 6.45) is 0. The summed E-state index contributed by atoms with van der Waals surface area (Å²) in [5.74, 6) is -0.327. The van der Waals surface area contributed by atoms with Crippen molar-refractivity contribution in [2.75, 3.05) is 13.6 Å². The Hall–Kier alpha value is -1.91. The summed E-state index contributed by atoms with van der Waals surface area (Å²) >= 11 is 5.96. The number of carbonyl (C=O) groups is 1. The molecule has 0 aliphatic rings. The quantitative estimate of drug-likeness (QED) is 0.871. The third-order valence-corrected chi connectivity index (χ3v) is 3.74. The highest BCUT2D eigenvalue weighted by Gasteiger charge is 2.12. The molecule has 0 bridgehead atoms. The largest absolute Gasteiger partial charge is 0.348 e. The van der Waals surface area contributed by atoms with Gasteiger partial charge < -0.3 is 5.32 Å². The smallest absolute Gasteiger partial charge is 0.234 e. The highest BCUT2D eigenvalue weighted by molar-refractivity contribution is 6.30. The standard InChI is InChI=1S/C18H20ClFN2O/c1-13(15-4-3-5-16(19)10-15)21-18(23)12-22(2)11-14-6-8-17(20)9-7-14/h3-10,13H,11-12H2,1-2H3,(H,21,23)/t13-/m0/s1. The molecule has 0 spiro atoms. The Morgan fingerprint density at radius 1 is 1.26 bits per heavy atom. The average Bonchev–Trinajstić information content (AvgIpc) is 2.49. The molecule has 1 N–H and O–H groups in total. The van der Waals surface area contributed by atoms with Gasteiger partial charge in [0.15, 0.2) is 0 Å². The fourth-order valence-electron chi connectivity index (χ4n) is 2.35. The average molecular weight is 335 g/mol. The first kappa shape index (κ1) is 17.4. The van der Waals surface area contributed by atoms with Gasteiger partial charge in [0, 0.05) is 11.6 Å². The Bertz CT molecular complexity index is 660. The molecule has 0 radical (unpaired) electrons. The summed E-state index contributed by atoms with van der Waals surface area (Å²) in [6, 6.07) is 13.6. The Labute approximate surface area is 141 Å². The van der Waals surface area contributed by atoms with Crippen molar-refractivity contribution in [1.29, 1.82) is 0 Å². The minimum Gasteiger partial charge on any atom is -0.348 e. The van der Waals surface area contributed by atoms with Gasteiger partial charge in [-0.1, -0.05) is 35.9 Å². The molecule has 0 aliphatic heterocycles. The van der Waals surface area contributed by atoms with Crippen LogP contribution in [-0.4, -0.2) is 24.4 Å². The van der Waals surface area contributed by atoms with Gasteiger partial charge in [0.05, 0.1) is 12.6 Å². The predicted octanol–water partition coefficient (Wildman–Crippen LogP) is 3.79. The molecule has 2 rings (SSSR count). The molecule has 0 unspecified atom stereocenters. The van der Waals surface area contributed by atoms with Crippen molar-refractivity contribution in [2.45, 2.75) is 19.5 Å². The van der Waals surface area contributed by atoms with Crippen LogP contribution in [0.1, 0.15) is 24.1 Å². The second kappa shape index (κ2) is 8.09. The minimum absolute atomic E-state index is 0.0675. The van der Waals surface area contributed by atoms with E-state index in [0.717, 1.165) is 11.1 Å². The van der Waals surface area contributed by atoms with E-state index in [2.05, 4.69) is 5.32 Å². The number of benzene rings is 2. The molecular formula is C18H20ClFN2O. The van der Waals surface area contributed by atoms with Gasteiger partial charge in [-0.05, 0) is 49.4 Å². The number of hydrogen-bond acceptors (Lipinski definition) is 2. The molecule has 0 saturated carbocycles. The summed E-state index contributed by atoms with van der Waals surface area (Å²) in [6.45, 7) is 2.77. The molecule has 0 saturated heterocycles. The number of hydrogen-bond donors (Lipinski definition) is 1. The number of nitrogens with zero attached hydrogens (tertiary/aromatic N) is 1. The van der Waals surface area contributed by atoms with Crippen molar-refractivity contribution in [2.24, 2.45) is 0 Å². The van der Waals surface area contributed by atoms with Crippen LogP contribution in [0.4, 0.5) is 4.39 Å². The molecule has 2 aromatic carbocycles. The Morgan fingerprint density at radius 3 is 2.61 bits per heavy atom. The fraction of sp³-hybridized carbons (Fsp3) is 0.278. The van der Waals surface area contributed by atoms with Gasteiger partial charge in [0.1, 0.15) is 5.82 Å². The van der Waals surface area contributed by atoms with Crippen LogP contribution < -0.4 is 5.32 Å². The summed E-state index contributed by atoms with van der Waals surface area (Å²) < 4.78 is 12.9. The van der Waals surface area contributed by atoms with E-state index in [1.807, 2.05) is 37.1 Å². The van der Waals surface area contributed by atoms with E-state index in [0.29, 0.717) is 11.6 Å². The van der Waals surface area contributed by atoms with Crippen molar-refractivity contribution < 1.29 is 9.18 Å². The third kappa shape index (κ3) is 5.66. The lowest BCUT2D eigenvalue weighted by Crippen LogP contribution is -2.36. The van der Waals surface area contributed by atoms with Gasteiger partial charge in [-0.25, -0.2) is 4.39 Å². The lowest BCUT2D eigenvalue weighted by molar-refractivity contribution is -0.122. The maximum atomic E-state index is 12.9. The predicted molar refractivity (Wildman–Crippen MR) is 90.7 cm³/mol. The molecule has 3 nitrogen and oxygen atoms in total. The van der Waals surface area contributed by atoms with Crippen LogP contribution in [0.15, 0.2) is 48.5 Å². The van der Waals surface area contributed by atoms with Gasteiger partial charge in [-0.3, -0.25) is 9.69 Å². The van der Waals surface area contributed by atoms with E-state index >= 15 is 0 Å². The van der Waals surface area contributed by atoms with Crippen LogP contribution in [0.2, 0.25) is 5.02 Å². The van der Waals surface area contributed by atoms with Gasteiger partial charge in [-0.2, -0.15) is 0 Å². The fourth-order valence-corrected chi connectivity index (χ4v) is 2.55. The Balaban J connectivity index is 1.85. The van der Waals surface area contributed by atoms with Gasteiger partial charge in [0.2, 0.25) is 5.91 Å². The summed E-state index contributed by atoms with van der Waals surface area (Å²) in [4.78, 5) is 14.0. The first-order valence-corrected chi connectivity index (χ1v) is 7.79. The van der Waals surface area contributed by atoms with Gasteiger partial charge in [0.25, 0.3) is 0 Å². The zero-order chi connectivity index (χ0) is 16.8. The molecule has 2 aromatic rings. The highest BCUT2D eigenvalue weighted by Crippen LogP contribution is 2.17. The van der Waals surface area contributed by atoms with E-state index < -0.39 is 0 Å². The third-order valence-electron chi connectivity index (χ3n) is 3.51. The summed E-state index contributed by atoms with van der Waals surface area (Å²) in [7, 11) is 1.85. The first-order chi connectivity index (χ1) is 10.9. The monoisotopic (exact) mass is 334 g/mol. The molecule has 0 heterocycles. The second-order valence-corrected chi connectivity index (χ2v) is 6.08. The van der Waals surface area contributed by atoms with Crippen molar-refractivity contribution in [3.8, 4) is 0 Å². The maximum absolute atomic E-state index is 12.9. The zero-order valence-electron chi connectivity index (χ0n) is 13.2. The number of rotatable bonds is 6. The van der Waals surface area contributed by atoms with Crippen LogP contribution in [0, 0.1) is 5.82 Å². The SMILES string of the molecule is C[C@H](NC(=O)CN(C)Cc1ccc(F)cc1)c1cccc(Cl)c1.